The molecular formula is C73H88N20O35. The van der Waals surface area contributed by atoms with E-state index in [0.717, 1.165) is 0 Å². The van der Waals surface area contributed by atoms with Gasteiger partial charge in [-0.15, -0.1) is 0 Å². The number of aromatic nitrogens is 12. The number of rotatable bonds is 38. The summed E-state index contributed by atoms with van der Waals surface area (Å²) in [6, 6.07) is 8.74. The van der Waals surface area contributed by atoms with Crippen molar-refractivity contribution >= 4 is 153 Å². The van der Waals surface area contributed by atoms with Gasteiger partial charge < -0.3 is 99.9 Å². The first-order valence-corrected chi connectivity index (χ1v) is 38.6. The molecule has 6 aromatic heterocycles. The van der Waals surface area contributed by atoms with Gasteiger partial charge in [0.25, 0.3) is 16.7 Å². The number of benzene rings is 1. The van der Waals surface area contributed by atoms with Gasteiger partial charge in [-0.3, -0.25) is 126 Å². The van der Waals surface area contributed by atoms with Crippen LogP contribution in [-0.4, -0.2) is 280 Å². The van der Waals surface area contributed by atoms with Gasteiger partial charge >= 0.3 is 72.0 Å². The number of hydrogen-bond donors (Lipinski definition) is 17. The molecule has 0 bridgehead atoms. The lowest BCUT2D eigenvalue weighted by atomic mass is 10.1. The molecule has 55 nitrogen and oxygen atoms in total. The smallest absolute Gasteiger partial charge is 0.408 e. The Labute approximate surface area is 716 Å². The maximum atomic E-state index is 13.1. The highest BCUT2D eigenvalue weighted by Crippen LogP contribution is 2.38. The first-order chi connectivity index (χ1) is 60.6. The molecule has 1 aromatic carbocycles. The highest BCUT2D eigenvalue weighted by atomic mass is 16.6. The lowest BCUT2D eigenvalue weighted by Gasteiger charge is -2.19. The van der Waals surface area contributed by atoms with Crippen molar-refractivity contribution in [3.8, 4) is 11.4 Å². The van der Waals surface area contributed by atoms with E-state index in [1.54, 1.807) is 71.9 Å². The van der Waals surface area contributed by atoms with Gasteiger partial charge in [0.1, 0.15) is 114 Å². The number of anilines is 3. The molecule has 17 N–H and O–H groups in total. The zero-order valence-corrected chi connectivity index (χ0v) is 68.5. The molecule has 0 aliphatic carbocycles. The van der Waals surface area contributed by atoms with Gasteiger partial charge in [0.15, 0.2) is 33.5 Å². The van der Waals surface area contributed by atoms with Gasteiger partial charge in [-0.1, -0.05) is 71.9 Å². The minimum atomic E-state index is -1.31. The second-order valence-electron chi connectivity index (χ2n) is 28.6. The van der Waals surface area contributed by atoms with Gasteiger partial charge in [0, 0.05) is 49.0 Å². The minimum absolute atomic E-state index is 0.0103. The van der Waals surface area contributed by atoms with Crippen molar-refractivity contribution in [2.75, 3.05) is 68.5 Å². The van der Waals surface area contributed by atoms with E-state index in [0.29, 0.717) is 5.56 Å². The molecule has 9 heterocycles. The molecule has 55 heteroatoms. The quantitative estimate of drug-likeness (QED) is 0.0157. The number of esters is 3. The van der Waals surface area contributed by atoms with Gasteiger partial charge in [-0.2, -0.15) is 15.0 Å². The van der Waals surface area contributed by atoms with E-state index in [-0.39, 0.29) is 101 Å². The van der Waals surface area contributed by atoms with E-state index in [1.807, 2.05) is 5.32 Å². The maximum Gasteiger partial charge on any atom is 0.408 e. The number of carbonyl (C=O) groups is 17. The average Bonchev–Trinajstić information content (AvgIpc) is 1.60. The molecule has 9 atom stereocenters. The number of carboxylic acids is 6. The molecule has 7 aromatic rings. The largest absolute Gasteiger partial charge is 0.481 e. The Morgan fingerprint density at radius 1 is 0.406 bits per heavy atom. The number of aliphatic carboxylic acids is 6. The number of H-pyrrole nitrogens is 3. The summed E-state index contributed by atoms with van der Waals surface area (Å²) in [5.74, 6) is -14.1. The average molecular weight is 1810 g/mol. The SMILES string of the molecule is CC(C)C(=O)Nc1nc2c(nc(-c3ccccc3)n2[C@H]2CC(OC(=O)NCC(=O)O)[C@@H](COC(=O)CCC(=O)O)O2)c(=O)[nH]1.CC(C)C(=O)Nc1nc2c(ncn2[C@H]2CC(OC(=O)NCC(=O)NCC(=O)O)[C@@H](COC(=O)CCC(=O)NCC(=O)O)O2)c(=O)[nH]1.CC(C)C(=O)Nc1nc2c(ncn2[C@H]2CC(OC(=O)NCC(=O)O)[C@@H](COC(=O)CCC(=O)O)O2)c(=O)[nH]1. The number of carbonyl (C=O) groups excluding carboxylic acids is 11. The number of aromatic amines is 3. The second-order valence-corrected chi connectivity index (χ2v) is 28.6. The topological polar surface area (TPSA) is 782 Å². The summed E-state index contributed by atoms with van der Waals surface area (Å²) >= 11 is 0. The van der Waals surface area contributed by atoms with Crippen molar-refractivity contribution in [2.45, 2.75) is 155 Å². The summed E-state index contributed by atoms with van der Waals surface area (Å²) in [5, 5.41) is 70.4. The molecule has 3 aliphatic heterocycles. The predicted molar refractivity (Wildman–Crippen MR) is 423 cm³/mol. The third-order valence-electron chi connectivity index (χ3n) is 17.9. The monoisotopic (exact) mass is 1800 g/mol. The first-order valence-electron chi connectivity index (χ1n) is 38.6. The van der Waals surface area contributed by atoms with Crippen LogP contribution in [0.25, 0.3) is 44.9 Å². The zero-order chi connectivity index (χ0) is 93.9. The Balaban J connectivity index is 0.000000238. The Morgan fingerprint density at radius 2 is 0.742 bits per heavy atom. The van der Waals surface area contributed by atoms with Crippen molar-refractivity contribution in [3.05, 3.63) is 74.0 Å². The van der Waals surface area contributed by atoms with Crippen LogP contribution >= 0.6 is 0 Å². The number of hydrogen-bond acceptors (Lipinski definition) is 35. The van der Waals surface area contributed by atoms with Gasteiger partial charge in [0.05, 0.1) is 44.8 Å². The summed E-state index contributed by atoms with van der Waals surface area (Å²) in [6.07, 6.45) is -12.8. The number of nitrogens with zero attached hydrogens (tertiary/aromatic N) is 9. The van der Waals surface area contributed by atoms with Gasteiger partial charge in [0.2, 0.25) is 47.4 Å². The Morgan fingerprint density at radius 3 is 1.12 bits per heavy atom. The molecule has 0 saturated carbocycles. The number of ether oxygens (including phenoxy) is 9. The second kappa shape index (κ2) is 45.8. The van der Waals surface area contributed by atoms with Crippen molar-refractivity contribution in [2.24, 2.45) is 17.8 Å². The lowest BCUT2D eigenvalue weighted by molar-refractivity contribution is -0.153. The molecule has 0 radical (unpaired) electrons. The van der Waals surface area contributed by atoms with Crippen LogP contribution in [0.5, 0.6) is 0 Å². The number of alkyl carbamates (subject to hydrolysis) is 3. The highest BCUT2D eigenvalue weighted by molar-refractivity contribution is 5.93. The Kier molecular flexibility index (Phi) is 35.0. The summed E-state index contributed by atoms with van der Waals surface area (Å²) in [7, 11) is 0. The van der Waals surface area contributed by atoms with Crippen LogP contribution in [0, 0.1) is 17.8 Å². The van der Waals surface area contributed by atoms with Crippen molar-refractivity contribution < 1.29 is 155 Å². The van der Waals surface area contributed by atoms with Crippen LogP contribution in [-0.2, 0) is 110 Å². The number of amides is 8. The van der Waals surface area contributed by atoms with E-state index < -0.39 is 258 Å². The lowest BCUT2D eigenvalue weighted by Crippen LogP contribution is -2.41. The summed E-state index contributed by atoms with van der Waals surface area (Å²) in [4.78, 5) is 268. The first kappa shape index (κ1) is 98.0. The van der Waals surface area contributed by atoms with Crippen molar-refractivity contribution in [1.82, 2.24) is 85.1 Å². The maximum absolute atomic E-state index is 13.1. The number of imidazole rings is 3. The van der Waals surface area contributed by atoms with E-state index in [9.17, 15) is 95.9 Å². The molecular weight excluding hydrogens is 1720 g/mol. The van der Waals surface area contributed by atoms with Crippen LogP contribution in [0.3, 0.4) is 0 Å². The summed E-state index contributed by atoms with van der Waals surface area (Å²) in [6.45, 7) is 5.28. The third-order valence-corrected chi connectivity index (χ3v) is 17.9. The molecule has 3 saturated heterocycles. The van der Waals surface area contributed by atoms with E-state index in [2.05, 4.69) is 82.1 Å². The van der Waals surface area contributed by atoms with Crippen molar-refractivity contribution in [3.63, 3.8) is 0 Å². The van der Waals surface area contributed by atoms with Gasteiger partial charge in [-0.25, -0.2) is 29.3 Å². The molecule has 3 unspecified atom stereocenters. The van der Waals surface area contributed by atoms with Crippen LogP contribution in [0.4, 0.5) is 32.2 Å². The van der Waals surface area contributed by atoms with Crippen LogP contribution in [0.1, 0.15) is 118 Å². The fraction of sp³-hybridized carbons (Fsp3) is 0.479. The molecule has 10 rings (SSSR count). The van der Waals surface area contributed by atoms with Gasteiger partial charge in [-0.05, 0) is 0 Å². The predicted octanol–water partition coefficient (Wildman–Crippen LogP) is -1.33. The van der Waals surface area contributed by atoms with Crippen LogP contribution < -0.4 is 59.2 Å². The molecule has 128 heavy (non-hydrogen) atoms. The van der Waals surface area contributed by atoms with Crippen LogP contribution in [0.2, 0.25) is 0 Å². The van der Waals surface area contributed by atoms with E-state index in [4.69, 9.17) is 73.3 Å². The zero-order valence-electron chi connectivity index (χ0n) is 68.5. The highest BCUT2D eigenvalue weighted by Gasteiger charge is 2.45. The molecule has 3 aliphatic rings. The fourth-order valence-electron chi connectivity index (χ4n) is 11.6. The van der Waals surface area contributed by atoms with E-state index >= 15 is 0 Å². The normalized spacial score (nSPS) is 17.9. The third kappa shape index (κ3) is 29.1. The Bertz CT molecular complexity index is 5500. The standard InChI is InChI=1S/C27H30N6O11.C25H32N8O13.C21H26N6O11/c1-13(2)24(39)31-26-30-23-21(25(40)32-26)29-22(14-6-4-3-5-7-14)33(23)17-10-15(44-27(41)28-11-19(36)37)16(43-17)12-42-20(38)9-8-18(34)35;1-11(2)22(41)31-24-30-21-20(23(42)32-24)29-10-33(21)16-5-12(46-25(43)28-6-15(35)27-8-18(38)39)13(45-16)9-44-19(40)4-3-14(34)26-7-17(36)37;1-9(2)18(33)25-20-24-17-16(19(34)26-20)23-8-27(17)12-5-10(38-21(35)22-6-14(30)31)11(37-12)7-36-15(32)4-3-13(28)29/h3-7,13,15-17H,8-12H2,1-2H3,(H,28,41)(H,34,35)(H,36,37)(H2,30,31,32,39,40);10-13,16H,3-9H2,1-2H3,(H,26,34)(H,27,35)(H,28,43)(H,36,37)(H,38,39)(H2,30,31,32,41,42);8-12H,3-7H2,1-2H3,(H,22,35)(H,28,29)(H,30,31)(H2,24,25,26,33,34)/t15?,16-,17-;12?,13-,16-;10?,11-,12-/m111/s1. The van der Waals surface area contributed by atoms with E-state index in [1.165, 1.54) is 26.4 Å². The molecule has 690 valence electrons. The molecule has 0 spiro atoms. The van der Waals surface area contributed by atoms with Crippen molar-refractivity contribution in [1.29, 1.82) is 0 Å². The molecule has 8 amide bonds. The van der Waals surface area contributed by atoms with Crippen LogP contribution in [0.15, 0.2) is 57.4 Å². The fourth-order valence-corrected chi connectivity index (χ4v) is 11.6. The minimum Gasteiger partial charge on any atom is -0.481 e. The summed E-state index contributed by atoms with van der Waals surface area (Å²) < 4.78 is 53.7. The number of nitrogens with one attached hydrogen (secondary N) is 11. The number of carboxylic acid groups (broad SMARTS) is 6. The summed E-state index contributed by atoms with van der Waals surface area (Å²) in [5.41, 5.74) is -1.50. The molecule has 3 fully saturated rings. The Hall–Kier alpha value is -15.5. The number of fused-ring (bicyclic) bond motifs is 3.